The van der Waals surface area contributed by atoms with E-state index in [4.69, 9.17) is 11.6 Å². The highest BCUT2D eigenvalue weighted by molar-refractivity contribution is 6.32. The van der Waals surface area contributed by atoms with Crippen molar-refractivity contribution in [3.8, 4) is 0 Å². The van der Waals surface area contributed by atoms with Crippen molar-refractivity contribution in [3.63, 3.8) is 0 Å². The number of rotatable bonds is 3. The molecule has 1 heterocycles. The van der Waals surface area contributed by atoms with Crippen LogP contribution in [0, 0.1) is 0 Å². The Balaban J connectivity index is 2.81. The summed E-state index contributed by atoms with van der Waals surface area (Å²) in [6, 6.07) is 2.97. The zero-order valence-electron chi connectivity index (χ0n) is 7.95. The van der Waals surface area contributed by atoms with Gasteiger partial charge in [0.1, 0.15) is 5.15 Å². The summed E-state index contributed by atoms with van der Waals surface area (Å²) < 4.78 is 24.0. The van der Waals surface area contributed by atoms with Crippen LogP contribution in [-0.2, 0) is 0 Å². The van der Waals surface area contributed by atoms with Gasteiger partial charge in [-0.15, -0.1) is 0 Å². The SMILES string of the molecule is CN(CC(F)F)C(=O)c1cccnc1Cl. The molecule has 0 aromatic carbocycles. The summed E-state index contributed by atoms with van der Waals surface area (Å²) in [5.74, 6) is -0.562. The topological polar surface area (TPSA) is 33.2 Å². The van der Waals surface area contributed by atoms with Crippen molar-refractivity contribution >= 4 is 17.5 Å². The van der Waals surface area contributed by atoms with Crippen LogP contribution in [0.4, 0.5) is 8.78 Å². The monoisotopic (exact) mass is 234 g/mol. The third-order valence-corrected chi connectivity index (χ3v) is 2.05. The van der Waals surface area contributed by atoms with Crippen molar-refractivity contribution in [2.24, 2.45) is 0 Å². The normalized spacial score (nSPS) is 10.5. The van der Waals surface area contributed by atoms with Gasteiger partial charge in [0.25, 0.3) is 12.3 Å². The summed E-state index contributed by atoms with van der Waals surface area (Å²) in [6.45, 7) is -0.621. The molecule has 0 spiro atoms. The molecule has 1 amide bonds. The fourth-order valence-electron chi connectivity index (χ4n) is 1.04. The number of carbonyl (C=O) groups is 1. The smallest absolute Gasteiger partial charge is 0.256 e. The molecular weight excluding hydrogens is 226 g/mol. The predicted molar refractivity (Wildman–Crippen MR) is 52.2 cm³/mol. The van der Waals surface area contributed by atoms with E-state index in [9.17, 15) is 13.6 Å². The van der Waals surface area contributed by atoms with E-state index in [-0.39, 0.29) is 10.7 Å². The Morgan fingerprint density at radius 1 is 1.67 bits per heavy atom. The Labute approximate surface area is 90.7 Å². The van der Waals surface area contributed by atoms with Gasteiger partial charge in [0.2, 0.25) is 0 Å². The van der Waals surface area contributed by atoms with Crippen LogP contribution in [0.2, 0.25) is 5.15 Å². The molecule has 0 saturated carbocycles. The highest BCUT2D eigenvalue weighted by Gasteiger charge is 2.18. The molecule has 0 aliphatic heterocycles. The second-order valence-electron chi connectivity index (χ2n) is 2.92. The molecule has 0 fully saturated rings. The number of aromatic nitrogens is 1. The molecule has 82 valence electrons. The van der Waals surface area contributed by atoms with Crippen LogP contribution >= 0.6 is 11.6 Å². The van der Waals surface area contributed by atoms with E-state index >= 15 is 0 Å². The number of amides is 1. The largest absolute Gasteiger partial charge is 0.336 e. The molecule has 0 aliphatic rings. The van der Waals surface area contributed by atoms with Gasteiger partial charge in [-0.25, -0.2) is 13.8 Å². The van der Waals surface area contributed by atoms with Crippen LogP contribution in [0.1, 0.15) is 10.4 Å². The molecule has 1 rings (SSSR count). The summed E-state index contributed by atoms with van der Waals surface area (Å²) in [5.41, 5.74) is 0.127. The van der Waals surface area contributed by atoms with Crippen LogP contribution in [0.15, 0.2) is 18.3 Å². The Kier molecular flexibility index (Phi) is 3.96. The molecule has 6 heteroatoms. The molecule has 1 aromatic rings. The standard InChI is InChI=1S/C9H9ClF2N2O/c1-14(5-7(11)12)9(15)6-3-2-4-13-8(6)10/h2-4,7H,5H2,1H3. The number of nitrogens with zero attached hydrogens (tertiary/aromatic N) is 2. The van der Waals surface area contributed by atoms with Gasteiger partial charge in [-0.05, 0) is 12.1 Å². The molecule has 0 unspecified atom stereocenters. The van der Waals surface area contributed by atoms with Gasteiger partial charge in [-0.1, -0.05) is 11.6 Å². The van der Waals surface area contributed by atoms with Gasteiger partial charge in [0.15, 0.2) is 0 Å². The molecule has 0 aliphatic carbocycles. The van der Waals surface area contributed by atoms with Crippen molar-refractivity contribution in [3.05, 3.63) is 29.0 Å². The predicted octanol–water partition coefficient (Wildman–Crippen LogP) is 2.07. The average molecular weight is 235 g/mol. The van der Waals surface area contributed by atoms with Crippen molar-refractivity contribution in [2.75, 3.05) is 13.6 Å². The van der Waals surface area contributed by atoms with Crippen LogP contribution in [0.3, 0.4) is 0 Å². The van der Waals surface area contributed by atoms with Gasteiger partial charge in [0, 0.05) is 13.2 Å². The lowest BCUT2D eigenvalue weighted by molar-refractivity contribution is 0.0620. The fraction of sp³-hybridized carbons (Fsp3) is 0.333. The van der Waals surface area contributed by atoms with Crippen molar-refractivity contribution < 1.29 is 13.6 Å². The summed E-state index contributed by atoms with van der Waals surface area (Å²) in [5, 5.41) is 0.0172. The molecule has 0 saturated heterocycles. The van der Waals surface area contributed by atoms with Crippen LogP contribution < -0.4 is 0 Å². The molecule has 0 atom stereocenters. The molecule has 0 bridgehead atoms. The number of alkyl halides is 2. The maximum absolute atomic E-state index is 12.0. The second kappa shape index (κ2) is 5.02. The van der Waals surface area contributed by atoms with Gasteiger partial charge in [0.05, 0.1) is 12.1 Å². The first-order valence-electron chi connectivity index (χ1n) is 4.16. The Morgan fingerprint density at radius 3 is 2.87 bits per heavy atom. The van der Waals surface area contributed by atoms with E-state index in [1.807, 2.05) is 0 Å². The fourth-order valence-corrected chi connectivity index (χ4v) is 1.24. The van der Waals surface area contributed by atoms with E-state index in [1.54, 1.807) is 0 Å². The molecular formula is C9H9ClF2N2O. The van der Waals surface area contributed by atoms with Crippen molar-refractivity contribution in [2.45, 2.75) is 6.43 Å². The minimum atomic E-state index is -2.56. The third kappa shape index (κ3) is 3.13. The van der Waals surface area contributed by atoms with E-state index in [2.05, 4.69) is 4.98 Å². The van der Waals surface area contributed by atoms with E-state index in [1.165, 1.54) is 25.4 Å². The van der Waals surface area contributed by atoms with E-state index < -0.39 is 18.9 Å². The lowest BCUT2D eigenvalue weighted by atomic mass is 10.2. The third-order valence-electron chi connectivity index (χ3n) is 1.75. The van der Waals surface area contributed by atoms with Crippen molar-refractivity contribution in [1.29, 1.82) is 0 Å². The lowest BCUT2D eigenvalue weighted by Crippen LogP contribution is -2.31. The first-order valence-corrected chi connectivity index (χ1v) is 4.54. The minimum Gasteiger partial charge on any atom is -0.336 e. The van der Waals surface area contributed by atoms with Crippen LogP contribution in [-0.4, -0.2) is 35.8 Å². The molecule has 0 N–H and O–H groups in total. The molecule has 0 radical (unpaired) electrons. The maximum Gasteiger partial charge on any atom is 0.256 e. The number of halogens is 3. The Bertz CT molecular complexity index is 360. The second-order valence-corrected chi connectivity index (χ2v) is 3.28. The summed E-state index contributed by atoms with van der Waals surface area (Å²) in [7, 11) is 1.29. The number of carbonyl (C=O) groups excluding carboxylic acids is 1. The van der Waals surface area contributed by atoms with Crippen molar-refractivity contribution in [1.82, 2.24) is 9.88 Å². The quantitative estimate of drug-likeness (QED) is 0.751. The number of hydrogen-bond donors (Lipinski definition) is 0. The van der Waals surface area contributed by atoms with Crippen LogP contribution in [0.5, 0.6) is 0 Å². The minimum absolute atomic E-state index is 0.0172. The zero-order valence-corrected chi connectivity index (χ0v) is 8.71. The van der Waals surface area contributed by atoms with Gasteiger partial charge >= 0.3 is 0 Å². The highest BCUT2D eigenvalue weighted by atomic mass is 35.5. The first-order chi connectivity index (χ1) is 7.02. The van der Waals surface area contributed by atoms with Gasteiger partial charge in [-0.2, -0.15) is 0 Å². The lowest BCUT2D eigenvalue weighted by Gasteiger charge is -2.16. The zero-order chi connectivity index (χ0) is 11.4. The van der Waals surface area contributed by atoms with E-state index in [0.29, 0.717) is 0 Å². The van der Waals surface area contributed by atoms with E-state index in [0.717, 1.165) is 4.90 Å². The maximum atomic E-state index is 12.0. The first kappa shape index (κ1) is 11.8. The number of pyridine rings is 1. The molecule has 3 nitrogen and oxygen atoms in total. The number of hydrogen-bond acceptors (Lipinski definition) is 2. The Morgan fingerprint density at radius 2 is 2.33 bits per heavy atom. The Hall–Kier alpha value is -1.23. The molecule has 15 heavy (non-hydrogen) atoms. The summed E-state index contributed by atoms with van der Waals surface area (Å²) in [4.78, 5) is 16.2. The van der Waals surface area contributed by atoms with Gasteiger partial charge in [-0.3, -0.25) is 4.79 Å². The van der Waals surface area contributed by atoms with Crippen LogP contribution in [0.25, 0.3) is 0 Å². The van der Waals surface area contributed by atoms with Gasteiger partial charge < -0.3 is 4.90 Å². The summed E-state index contributed by atoms with van der Waals surface area (Å²) >= 11 is 5.65. The highest BCUT2D eigenvalue weighted by Crippen LogP contribution is 2.13. The average Bonchev–Trinajstić information content (AvgIpc) is 2.16. The summed E-state index contributed by atoms with van der Waals surface area (Å²) in [6.07, 6.45) is -1.14. The molecule has 1 aromatic heterocycles.